The highest BCUT2D eigenvalue weighted by Gasteiger charge is 2.14. The molecule has 0 aliphatic carbocycles. The van der Waals surface area contributed by atoms with Gasteiger partial charge in [-0.1, -0.05) is 24.3 Å². The topological polar surface area (TPSA) is 122 Å². The van der Waals surface area contributed by atoms with Gasteiger partial charge >= 0.3 is 0 Å². The van der Waals surface area contributed by atoms with Gasteiger partial charge in [-0.2, -0.15) is 0 Å². The standard InChI is InChI=1S/C29H34N4O4/c1-29(2,30)19-37-24-13-11-23(12-14-24)32-22-9-6-20(7-10-22)16-17-31-18-27(36)33-26(35)15-8-21-4-3-5-25(34)28(21)33/h3-15,27,31-32,34,36H,16-19,30H2,1-2H3. The third-order valence-electron chi connectivity index (χ3n) is 5.85. The predicted molar refractivity (Wildman–Crippen MR) is 148 cm³/mol. The summed E-state index contributed by atoms with van der Waals surface area (Å²) in [7, 11) is 0. The highest BCUT2D eigenvalue weighted by molar-refractivity contribution is 5.84. The number of phenols is 1. The van der Waals surface area contributed by atoms with E-state index in [1.807, 2.05) is 50.2 Å². The molecule has 4 rings (SSSR count). The fourth-order valence-electron chi connectivity index (χ4n) is 3.97. The van der Waals surface area contributed by atoms with E-state index in [0.717, 1.165) is 29.1 Å². The smallest absolute Gasteiger partial charge is 0.253 e. The Morgan fingerprint density at radius 3 is 2.32 bits per heavy atom. The van der Waals surface area contributed by atoms with Crippen LogP contribution in [0.1, 0.15) is 25.6 Å². The SMILES string of the molecule is CC(C)(N)COc1ccc(Nc2ccc(CCNCC(O)n3c(=O)ccc4cccc(O)c43)cc2)cc1. The Morgan fingerprint density at radius 1 is 0.973 bits per heavy atom. The van der Waals surface area contributed by atoms with Crippen molar-refractivity contribution in [3.05, 3.63) is 94.8 Å². The highest BCUT2D eigenvalue weighted by atomic mass is 16.5. The number of para-hydroxylation sites is 1. The van der Waals surface area contributed by atoms with Crippen molar-refractivity contribution in [3.63, 3.8) is 0 Å². The Labute approximate surface area is 216 Å². The van der Waals surface area contributed by atoms with E-state index in [0.29, 0.717) is 24.1 Å². The molecule has 37 heavy (non-hydrogen) atoms. The number of aromatic hydroxyl groups is 1. The summed E-state index contributed by atoms with van der Waals surface area (Å²) in [5, 5.41) is 28.1. The fraction of sp³-hybridized carbons (Fsp3) is 0.276. The Kier molecular flexibility index (Phi) is 8.13. The molecule has 8 nitrogen and oxygen atoms in total. The second-order valence-corrected chi connectivity index (χ2v) is 9.81. The van der Waals surface area contributed by atoms with E-state index in [4.69, 9.17) is 10.5 Å². The number of benzene rings is 3. The molecule has 4 aromatic rings. The molecule has 1 aromatic heterocycles. The van der Waals surface area contributed by atoms with E-state index in [9.17, 15) is 15.0 Å². The van der Waals surface area contributed by atoms with Crippen molar-refractivity contribution in [3.8, 4) is 11.5 Å². The molecule has 0 aliphatic rings. The number of hydrogen-bond donors (Lipinski definition) is 5. The van der Waals surface area contributed by atoms with Crippen LogP contribution in [-0.2, 0) is 6.42 Å². The largest absolute Gasteiger partial charge is 0.506 e. The van der Waals surface area contributed by atoms with Crippen molar-refractivity contribution < 1.29 is 14.9 Å². The van der Waals surface area contributed by atoms with Crippen molar-refractivity contribution in [1.29, 1.82) is 0 Å². The Bertz CT molecular complexity index is 1380. The summed E-state index contributed by atoms with van der Waals surface area (Å²) in [6.07, 6.45) is -0.346. The molecule has 8 heteroatoms. The van der Waals surface area contributed by atoms with Crippen LogP contribution in [0.2, 0.25) is 0 Å². The molecule has 0 aliphatic heterocycles. The summed E-state index contributed by atoms with van der Waals surface area (Å²) in [5.74, 6) is 0.738. The van der Waals surface area contributed by atoms with E-state index < -0.39 is 6.23 Å². The number of rotatable bonds is 11. The molecule has 0 spiro atoms. The first-order valence-electron chi connectivity index (χ1n) is 12.3. The molecular weight excluding hydrogens is 468 g/mol. The second-order valence-electron chi connectivity index (χ2n) is 9.81. The average molecular weight is 503 g/mol. The number of anilines is 2. The lowest BCUT2D eigenvalue weighted by molar-refractivity contribution is 0.104. The van der Waals surface area contributed by atoms with E-state index in [1.165, 1.54) is 16.7 Å². The number of aromatic nitrogens is 1. The first-order chi connectivity index (χ1) is 17.7. The van der Waals surface area contributed by atoms with Crippen LogP contribution in [-0.4, -0.2) is 40.0 Å². The number of aliphatic hydroxyl groups excluding tert-OH is 1. The normalized spacial score (nSPS) is 12.4. The molecule has 6 N–H and O–H groups in total. The number of nitrogens with zero attached hydrogens (tertiary/aromatic N) is 1. The lowest BCUT2D eigenvalue weighted by atomic mass is 10.1. The van der Waals surface area contributed by atoms with Gasteiger partial charge in [0.2, 0.25) is 0 Å². The van der Waals surface area contributed by atoms with Gasteiger partial charge in [0.1, 0.15) is 24.3 Å². The number of aliphatic hydroxyl groups is 1. The minimum atomic E-state index is -1.10. The molecule has 0 radical (unpaired) electrons. The quantitative estimate of drug-likeness (QED) is 0.197. The van der Waals surface area contributed by atoms with E-state index in [1.54, 1.807) is 18.2 Å². The number of ether oxygens (including phenoxy) is 1. The zero-order chi connectivity index (χ0) is 26.4. The van der Waals surface area contributed by atoms with Gasteiger partial charge in [0.25, 0.3) is 5.56 Å². The average Bonchev–Trinajstić information content (AvgIpc) is 2.87. The Morgan fingerprint density at radius 2 is 1.65 bits per heavy atom. The highest BCUT2D eigenvalue weighted by Crippen LogP contribution is 2.24. The van der Waals surface area contributed by atoms with Gasteiger partial charge in [0.05, 0.1) is 5.52 Å². The molecule has 0 saturated carbocycles. The van der Waals surface area contributed by atoms with Gasteiger partial charge in [-0.3, -0.25) is 9.36 Å². The Balaban J connectivity index is 1.26. The second kappa shape index (κ2) is 11.5. The molecule has 1 unspecified atom stereocenters. The minimum absolute atomic E-state index is 0.0390. The van der Waals surface area contributed by atoms with Gasteiger partial charge < -0.3 is 31.3 Å². The zero-order valence-electron chi connectivity index (χ0n) is 21.1. The van der Waals surface area contributed by atoms with Crippen LogP contribution >= 0.6 is 0 Å². The van der Waals surface area contributed by atoms with Crippen molar-refractivity contribution in [1.82, 2.24) is 9.88 Å². The van der Waals surface area contributed by atoms with E-state index in [-0.39, 0.29) is 23.4 Å². The molecule has 0 bridgehead atoms. The number of pyridine rings is 1. The van der Waals surface area contributed by atoms with Crippen LogP contribution in [0.15, 0.2) is 83.7 Å². The van der Waals surface area contributed by atoms with Gasteiger partial charge in [-0.05, 0) is 80.9 Å². The lowest BCUT2D eigenvalue weighted by Gasteiger charge is -2.19. The molecular formula is C29H34N4O4. The zero-order valence-corrected chi connectivity index (χ0v) is 21.1. The van der Waals surface area contributed by atoms with Gasteiger partial charge in [0, 0.05) is 34.9 Å². The third-order valence-corrected chi connectivity index (χ3v) is 5.85. The number of hydrogen-bond acceptors (Lipinski definition) is 7. The monoisotopic (exact) mass is 502 g/mol. The van der Waals surface area contributed by atoms with E-state index >= 15 is 0 Å². The number of nitrogens with one attached hydrogen (secondary N) is 2. The number of phenolic OH excluding ortho intramolecular Hbond substituents is 1. The van der Waals surface area contributed by atoms with Crippen LogP contribution < -0.4 is 26.7 Å². The summed E-state index contributed by atoms with van der Waals surface area (Å²) in [4.78, 5) is 12.4. The predicted octanol–water partition coefficient (Wildman–Crippen LogP) is 3.89. The van der Waals surface area contributed by atoms with Gasteiger partial charge in [0.15, 0.2) is 0 Å². The van der Waals surface area contributed by atoms with Crippen molar-refractivity contribution in [2.45, 2.75) is 32.0 Å². The third kappa shape index (κ3) is 7.10. The molecule has 0 fully saturated rings. The van der Waals surface area contributed by atoms with Crippen LogP contribution in [0.5, 0.6) is 11.5 Å². The van der Waals surface area contributed by atoms with Gasteiger partial charge in [-0.25, -0.2) is 0 Å². The first kappa shape index (κ1) is 26.2. The molecule has 0 saturated heterocycles. The van der Waals surface area contributed by atoms with Crippen LogP contribution in [0.4, 0.5) is 11.4 Å². The first-order valence-corrected chi connectivity index (χ1v) is 12.3. The number of fused-ring (bicyclic) bond motifs is 1. The van der Waals surface area contributed by atoms with Crippen molar-refractivity contribution in [2.24, 2.45) is 5.73 Å². The van der Waals surface area contributed by atoms with Crippen molar-refractivity contribution >= 4 is 22.3 Å². The molecule has 3 aromatic carbocycles. The van der Waals surface area contributed by atoms with Gasteiger partial charge in [-0.15, -0.1) is 0 Å². The maximum atomic E-state index is 12.4. The molecule has 0 amide bonds. The number of nitrogens with two attached hydrogens (primary N) is 1. The maximum Gasteiger partial charge on any atom is 0.253 e. The lowest BCUT2D eigenvalue weighted by Crippen LogP contribution is -2.38. The minimum Gasteiger partial charge on any atom is -0.506 e. The Hall–Kier alpha value is -3.85. The summed E-state index contributed by atoms with van der Waals surface area (Å²) < 4.78 is 6.92. The molecule has 1 heterocycles. The van der Waals surface area contributed by atoms with E-state index in [2.05, 4.69) is 22.8 Å². The summed E-state index contributed by atoms with van der Waals surface area (Å²) in [6, 6.07) is 23.9. The maximum absolute atomic E-state index is 12.4. The van der Waals surface area contributed by atoms with Crippen LogP contribution in [0.3, 0.4) is 0 Å². The van der Waals surface area contributed by atoms with Crippen LogP contribution in [0.25, 0.3) is 10.9 Å². The summed E-state index contributed by atoms with van der Waals surface area (Å²) in [6.45, 7) is 5.09. The molecule has 1 atom stereocenters. The fourth-order valence-corrected chi connectivity index (χ4v) is 3.97. The molecule has 194 valence electrons. The summed E-state index contributed by atoms with van der Waals surface area (Å²) >= 11 is 0. The van der Waals surface area contributed by atoms with Crippen LogP contribution in [0, 0.1) is 0 Å². The summed E-state index contributed by atoms with van der Waals surface area (Å²) in [5.41, 5.74) is 8.60. The van der Waals surface area contributed by atoms with Crippen molar-refractivity contribution in [2.75, 3.05) is 25.0 Å².